The second-order valence-corrected chi connectivity index (χ2v) is 8.22. The van der Waals surface area contributed by atoms with Crippen LogP contribution in [0.3, 0.4) is 0 Å². The maximum Gasteiger partial charge on any atom is 0.239 e. The zero-order chi connectivity index (χ0) is 16.3. The highest BCUT2D eigenvalue weighted by Crippen LogP contribution is 2.61. The molecule has 4 N–H and O–H groups in total. The molecule has 0 saturated heterocycles. The number of unbranched alkanes of at least 4 members (excludes halogenated alkanes) is 1. The Morgan fingerprint density at radius 3 is 2.09 bits per heavy atom. The average Bonchev–Trinajstić information content (AvgIpc) is 2.48. The predicted octanol–water partition coefficient (Wildman–Crippen LogP) is 1.56. The first-order chi connectivity index (χ1) is 11.1. The fourth-order valence-corrected chi connectivity index (χ4v) is 5.65. The van der Waals surface area contributed by atoms with E-state index < -0.39 is 0 Å². The van der Waals surface area contributed by atoms with E-state index in [9.17, 15) is 9.59 Å². The van der Waals surface area contributed by atoms with Crippen LogP contribution in [0.5, 0.6) is 0 Å². The van der Waals surface area contributed by atoms with Gasteiger partial charge in [0, 0.05) is 13.0 Å². The Labute approximate surface area is 139 Å². The van der Waals surface area contributed by atoms with E-state index in [1.54, 1.807) is 0 Å². The van der Waals surface area contributed by atoms with Gasteiger partial charge in [-0.3, -0.25) is 9.59 Å². The second kappa shape index (κ2) is 7.20. The van der Waals surface area contributed by atoms with E-state index in [0.717, 1.165) is 30.6 Å². The van der Waals surface area contributed by atoms with Crippen LogP contribution in [0.2, 0.25) is 0 Å². The van der Waals surface area contributed by atoms with Crippen molar-refractivity contribution in [2.75, 3.05) is 19.6 Å². The Morgan fingerprint density at radius 2 is 1.52 bits per heavy atom. The average molecular weight is 321 g/mol. The topological polar surface area (TPSA) is 84.2 Å². The Kier molecular flexibility index (Phi) is 5.24. The molecule has 4 saturated carbocycles. The number of hydrogen-bond donors (Lipinski definition) is 3. The van der Waals surface area contributed by atoms with Crippen molar-refractivity contribution in [2.45, 2.75) is 57.8 Å². The number of carbonyl (C=O) groups is 2. The molecule has 0 heterocycles. The van der Waals surface area contributed by atoms with E-state index in [0.29, 0.717) is 19.5 Å². The molecule has 0 radical (unpaired) electrons. The number of carbonyl (C=O) groups excluding carboxylic acids is 2. The first-order valence-corrected chi connectivity index (χ1v) is 9.32. The molecule has 5 nitrogen and oxygen atoms in total. The molecule has 0 aromatic rings. The minimum atomic E-state index is -0.0964. The first-order valence-electron chi connectivity index (χ1n) is 9.32. The van der Waals surface area contributed by atoms with E-state index in [-0.39, 0.29) is 23.8 Å². The Balaban J connectivity index is 1.39. The molecule has 0 aromatic carbocycles. The summed E-state index contributed by atoms with van der Waals surface area (Å²) in [7, 11) is 0. The van der Waals surface area contributed by atoms with Crippen molar-refractivity contribution >= 4 is 11.8 Å². The normalized spacial score (nSPS) is 34.4. The molecule has 23 heavy (non-hydrogen) atoms. The zero-order valence-corrected chi connectivity index (χ0v) is 14.1. The molecule has 130 valence electrons. The van der Waals surface area contributed by atoms with Crippen molar-refractivity contribution in [2.24, 2.45) is 28.9 Å². The van der Waals surface area contributed by atoms with E-state index in [1.807, 2.05) is 0 Å². The van der Waals surface area contributed by atoms with Gasteiger partial charge in [0.15, 0.2) is 0 Å². The van der Waals surface area contributed by atoms with Crippen molar-refractivity contribution in [3.8, 4) is 0 Å². The summed E-state index contributed by atoms with van der Waals surface area (Å²) >= 11 is 0. The molecule has 0 aliphatic heterocycles. The molecule has 4 rings (SSSR count). The van der Waals surface area contributed by atoms with Gasteiger partial charge in [0.1, 0.15) is 0 Å². The molecular formula is C18H31N3O2. The number of amides is 2. The SMILES string of the molecule is NCCCCNC(=O)CNC(=O)CC12CC3CC(CC(C3)C1)C2. The molecule has 0 atom stereocenters. The Hall–Kier alpha value is -1.10. The molecule has 4 aliphatic carbocycles. The standard InChI is InChI=1S/C18H31N3O2/c19-3-1-2-4-20-17(23)12-21-16(22)11-18-8-13-5-14(9-18)7-15(6-13)10-18/h13-15H,1-12,19H2,(H,20,23)(H,21,22). The Bertz CT molecular complexity index is 414. The smallest absolute Gasteiger partial charge is 0.239 e. The van der Waals surface area contributed by atoms with Crippen molar-refractivity contribution in [1.82, 2.24) is 10.6 Å². The van der Waals surface area contributed by atoms with Crippen molar-refractivity contribution in [1.29, 1.82) is 0 Å². The van der Waals surface area contributed by atoms with Gasteiger partial charge in [0.25, 0.3) is 0 Å². The third-order valence-electron chi connectivity index (χ3n) is 6.10. The van der Waals surface area contributed by atoms with Crippen LogP contribution in [0.1, 0.15) is 57.8 Å². The molecule has 4 fully saturated rings. The highest BCUT2D eigenvalue weighted by atomic mass is 16.2. The van der Waals surface area contributed by atoms with Gasteiger partial charge in [0.2, 0.25) is 11.8 Å². The maximum atomic E-state index is 12.3. The van der Waals surface area contributed by atoms with E-state index >= 15 is 0 Å². The lowest BCUT2D eigenvalue weighted by Crippen LogP contribution is -2.48. The third kappa shape index (κ3) is 4.25. The third-order valence-corrected chi connectivity index (χ3v) is 6.10. The number of nitrogens with two attached hydrogens (primary N) is 1. The van der Waals surface area contributed by atoms with Crippen LogP contribution in [0, 0.1) is 23.2 Å². The summed E-state index contributed by atoms with van der Waals surface area (Å²) in [6, 6.07) is 0. The van der Waals surface area contributed by atoms with Crippen molar-refractivity contribution in [3.63, 3.8) is 0 Å². The van der Waals surface area contributed by atoms with Gasteiger partial charge in [-0.05, 0) is 81.1 Å². The number of hydrogen-bond acceptors (Lipinski definition) is 3. The van der Waals surface area contributed by atoms with Crippen molar-refractivity contribution in [3.05, 3.63) is 0 Å². The lowest BCUT2D eigenvalue weighted by molar-refractivity contribution is -0.131. The molecule has 2 amide bonds. The maximum absolute atomic E-state index is 12.3. The summed E-state index contributed by atoms with van der Waals surface area (Å²) in [5, 5.41) is 5.65. The van der Waals surface area contributed by atoms with E-state index in [2.05, 4.69) is 10.6 Å². The van der Waals surface area contributed by atoms with E-state index in [4.69, 9.17) is 5.73 Å². The summed E-state index contributed by atoms with van der Waals surface area (Å²) in [5.41, 5.74) is 5.66. The molecule has 0 spiro atoms. The first kappa shape index (κ1) is 16.7. The van der Waals surface area contributed by atoms with Crippen LogP contribution >= 0.6 is 0 Å². The lowest BCUT2D eigenvalue weighted by atomic mass is 9.49. The molecule has 5 heteroatoms. The summed E-state index contributed by atoms with van der Waals surface area (Å²) < 4.78 is 0. The van der Waals surface area contributed by atoms with Gasteiger partial charge in [0.05, 0.1) is 6.54 Å². The van der Waals surface area contributed by atoms with Crippen molar-refractivity contribution < 1.29 is 9.59 Å². The van der Waals surface area contributed by atoms with E-state index in [1.165, 1.54) is 38.5 Å². The van der Waals surface area contributed by atoms with Crippen LogP contribution in [-0.2, 0) is 9.59 Å². The minimum Gasteiger partial charge on any atom is -0.355 e. The van der Waals surface area contributed by atoms with Gasteiger partial charge >= 0.3 is 0 Å². The van der Waals surface area contributed by atoms with Crippen LogP contribution in [0.15, 0.2) is 0 Å². The summed E-state index contributed by atoms with van der Waals surface area (Å²) in [6.45, 7) is 1.40. The predicted molar refractivity (Wildman–Crippen MR) is 89.5 cm³/mol. The number of nitrogens with one attached hydrogen (secondary N) is 2. The fourth-order valence-electron chi connectivity index (χ4n) is 5.65. The number of rotatable bonds is 8. The van der Waals surface area contributed by atoms with Gasteiger partial charge in [-0.2, -0.15) is 0 Å². The molecule has 0 unspecified atom stereocenters. The van der Waals surface area contributed by atoms with Gasteiger partial charge in [-0.25, -0.2) is 0 Å². The highest BCUT2D eigenvalue weighted by molar-refractivity contribution is 5.84. The zero-order valence-electron chi connectivity index (χ0n) is 14.1. The van der Waals surface area contributed by atoms with Gasteiger partial charge < -0.3 is 16.4 Å². The largest absolute Gasteiger partial charge is 0.355 e. The lowest BCUT2D eigenvalue weighted by Gasteiger charge is -2.56. The summed E-state index contributed by atoms with van der Waals surface area (Å²) in [5.74, 6) is 2.55. The molecule has 4 aliphatic rings. The summed E-state index contributed by atoms with van der Waals surface area (Å²) in [6.07, 6.45) is 10.3. The highest BCUT2D eigenvalue weighted by Gasteiger charge is 2.51. The monoisotopic (exact) mass is 321 g/mol. The van der Waals surface area contributed by atoms with Crippen LogP contribution in [0.4, 0.5) is 0 Å². The second-order valence-electron chi connectivity index (χ2n) is 8.22. The van der Waals surface area contributed by atoms with Crippen LogP contribution in [0.25, 0.3) is 0 Å². The van der Waals surface area contributed by atoms with Crippen LogP contribution < -0.4 is 16.4 Å². The summed E-state index contributed by atoms with van der Waals surface area (Å²) in [4.78, 5) is 24.0. The van der Waals surface area contributed by atoms with Crippen LogP contribution in [-0.4, -0.2) is 31.4 Å². The van der Waals surface area contributed by atoms with Gasteiger partial charge in [-0.1, -0.05) is 0 Å². The molecular weight excluding hydrogens is 290 g/mol. The molecule has 0 aromatic heterocycles. The Morgan fingerprint density at radius 1 is 0.913 bits per heavy atom. The van der Waals surface area contributed by atoms with Gasteiger partial charge in [-0.15, -0.1) is 0 Å². The minimum absolute atomic E-state index is 0.0593. The quantitative estimate of drug-likeness (QED) is 0.593. The molecule has 4 bridgehead atoms. The fraction of sp³-hybridized carbons (Fsp3) is 0.889.